The Hall–Kier alpha value is -7.22. The van der Waals surface area contributed by atoms with Crippen LogP contribution in [-0.4, -0.2) is 15.0 Å². The Morgan fingerprint density at radius 2 is 1.06 bits per heavy atom. The summed E-state index contributed by atoms with van der Waals surface area (Å²) in [4.78, 5) is 15.8. The third-order valence-electron chi connectivity index (χ3n) is 15.3. The molecule has 12 rings (SSSR count). The van der Waals surface area contributed by atoms with E-state index in [-0.39, 0.29) is 10.8 Å². The molecule has 1 aromatic heterocycles. The molecule has 4 heteroatoms. The second-order valence-electron chi connectivity index (χ2n) is 19.5. The van der Waals surface area contributed by atoms with Crippen molar-refractivity contribution in [2.75, 3.05) is 0 Å². The molecule has 2 unspecified atom stereocenters. The Labute approximate surface area is 376 Å². The Morgan fingerprint density at radius 1 is 0.469 bits per heavy atom. The Morgan fingerprint density at radius 3 is 1.77 bits per heavy atom. The fourth-order valence-corrected chi connectivity index (χ4v) is 12.1. The van der Waals surface area contributed by atoms with E-state index >= 15 is 0 Å². The zero-order valence-corrected chi connectivity index (χ0v) is 37.0. The molecule has 0 fully saturated rings. The van der Waals surface area contributed by atoms with Gasteiger partial charge >= 0.3 is 0 Å². The number of nitriles is 1. The van der Waals surface area contributed by atoms with Crippen LogP contribution in [0.2, 0.25) is 0 Å². The lowest BCUT2D eigenvalue weighted by atomic mass is 9.52. The van der Waals surface area contributed by atoms with Gasteiger partial charge in [-0.1, -0.05) is 179 Å². The molecule has 308 valence electrons. The summed E-state index contributed by atoms with van der Waals surface area (Å²) in [5.41, 5.74) is 21.1. The van der Waals surface area contributed by atoms with E-state index in [1.165, 1.54) is 73.2 Å². The van der Waals surface area contributed by atoms with E-state index in [1.54, 1.807) is 11.1 Å². The molecule has 0 saturated heterocycles. The zero-order chi connectivity index (χ0) is 43.5. The van der Waals surface area contributed by atoms with Gasteiger partial charge in [-0.2, -0.15) is 5.26 Å². The summed E-state index contributed by atoms with van der Waals surface area (Å²) in [7, 11) is 0. The minimum Gasteiger partial charge on any atom is -0.208 e. The first-order valence-electron chi connectivity index (χ1n) is 22.8. The third kappa shape index (κ3) is 5.37. The number of hydrogen-bond donors (Lipinski definition) is 0. The van der Waals surface area contributed by atoms with Gasteiger partial charge in [0.05, 0.1) is 17.0 Å². The summed E-state index contributed by atoms with van der Waals surface area (Å²) >= 11 is 0. The van der Waals surface area contributed by atoms with Crippen LogP contribution < -0.4 is 0 Å². The van der Waals surface area contributed by atoms with E-state index in [0.29, 0.717) is 29.0 Å². The number of hydrogen-bond acceptors (Lipinski definition) is 4. The molecule has 4 nitrogen and oxygen atoms in total. The lowest BCUT2D eigenvalue weighted by molar-refractivity contribution is 0.405. The normalized spacial score (nSPS) is 19.2. The van der Waals surface area contributed by atoms with Crippen molar-refractivity contribution in [3.63, 3.8) is 0 Å². The molecule has 0 saturated carbocycles. The van der Waals surface area contributed by atoms with Crippen molar-refractivity contribution >= 4 is 0 Å². The maximum Gasteiger partial charge on any atom is 0.164 e. The van der Waals surface area contributed by atoms with E-state index in [2.05, 4.69) is 156 Å². The van der Waals surface area contributed by atoms with Gasteiger partial charge in [-0.25, -0.2) is 15.0 Å². The van der Waals surface area contributed by atoms with Gasteiger partial charge in [0, 0.05) is 27.5 Å². The van der Waals surface area contributed by atoms with Crippen molar-refractivity contribution < 1.29 is 0 Å². The molecule has 4 aliphatic rings. The number of aromatic nitrogens is 3. The van der Waals surface area contributed by atoms with Crippen LogP contribution in [0.15, 0.2) is 169 Å². The highest BCUT2D eigenvalue weighted by molar-refractivity contribution is 5.97. The smallest absolute Gasteiger partial charge is 0.164 e. The predicted octanol–water partition coefficient (Wildman–Crippen LogP) is 14.4. The van der Waals surface area contributed by atoms with Crippen LogP contribution in [0.3, 0.4) is 0 Å². The molecular formula is C60H48N4. The Bertz CT molecular complexity index is 3270. The molecule has 4 aliphatic carbocycles. The number of allylic oxidation sites excluding steroid dienone is 2. The third-order valence-corrected chi connectivity index (χ3v) is 15.3. The van der Waals surface area contributed by atoms with Gasteiger partial charge in [-0.15, -0.1) is 0 Å². The predicted molar refractivity (Wildman–Crippen MR) is 259 cm³/mol. The fourth-order valence-electron chi connectivity index (χ4n) is 12.1. The van der Waals surface area contributed by atoms with Crippen molar-refractivity contribution in [2.24, 2.45) is 5.92 Å². The summed E-state index contributed by atoms with van der Waals surface area (Å²) in [6.07, 6.45) is 3.35. The molecule has 0 N–H and O–H groups in total. The largest absolute Gasteiger partial charge is 0.208 e. The average Bonchev–Trinajstić information content (AvgIpc) is 3.75. The van der Waals surface area contributed by atoms with Gasteiger partial charge in [-0.05, 0) is 116 Å². The molecule has 2 atom stereocenters. The average molecular weight is 825 g/mol. The highest BCUT2D eigenvalue weighted by Gasteiger charge is 2.55. The highest BCUT2D eigenvalue weighted by Crippen LogP contribution is 2.66. The molecule has 1 spiro atoms. The van der Waals surface area contributed by atoms with E-state index < -0.39 is 5.41 Å². The van der Waals surface area contributed by atoms with Gasteiger partial charge in [0.15, 0.2) is 17.5 Å². The summed E-state index contributed by atoms with van der Waals surface area (Å²) in [6, 6.07) is 59.5. The van der Waals surface area contributed by atoms with Gasteiger partial charge in [-0.3, -0.25) is 0 Å². The quantitative estimate of drug-likeness (QED) is 0.166. The summed E-state index contributed by atoms with van der Waals surface area (Å²) < 4.78 is 0. The summed E-state index contributed by atoms with van der Waals surface area (Å²) in [5.74, 6) is 2.55. The first-order valence-corrected chi connectivity index (χ1v) is 22.8. The van der Waals surface area contributed by atoms with Gasteiger partial charge in [0.2, 0.25) is 0 Å². The molecule has 64 heavy (non-hydrogen) atoms. The Balaban J connectivity index is 1.14. The van der Waals surface area contributed by atoms with Crippen LogP contribution in [-0.2, 0) is 16.2 Å². The molecule has 1 heterocycles. The fraction of sp³-hybridized carbons (Fsp3) is 0.200. The minimum absolute atomic E-state index is 0.0933. The van der Waals surface area contributed by atoms with E-state index in [1.807, 2.05) is 42.5 Å². The van der Waals surface area contributed by atoms with Crippen molar-refractivity contribution in [3.8, 4) is 73.6 Å². The van der Waals surface area contributed by atoms with Crippen molar-refractivity contribution in [2.45, 2.75) is 70.1 Å². The highest BCUT2D eigenvalue weighted by atomic mass is 15.0. The second-order valence-corrected chi connectivity index (χ2v) is 19.5. The lowest BCUT2D eigenvalue weighted by Gasteiger charge is -2.51. The van der Waals surface area contributed by atoms with Gasteiger partial charge in [0.25, 0.3) is 0 Å². The van der Waals surface area contributed by atoms with E-state index in [9.17, 15) is 5.26 Å². The summed E-state index contributed by atoms with van der Waals surface area (Å²) in [6.45, 7) is 11.9. The lowest BCUT2D eigenvalue weighted by Crippen LogP contribution is -2.43. The Kier molecular flexibility index (Phi) is 8.35. The number of rotatable bonds is 4. The van der Waals surface area contributed by atoms with Gasteiger partial charge < -0.3 is 0 Å². The first kappa shape index (κ1) is 38.5. The second kappa shape index (κ2) is 13.9. The maximum absolute atomic E-state index is 9.80. The van der Waals surface area contributed by atoms with Crippen molar-refractivity contribution in [3.05, 3.63) is 208 Å². The van der Waals surface area contributed by atoms with Crippen molar-refractivity contribution in [1.82, 2.24) is 15.0 Å². The van der Waals surface area contributed by atoms with Crippen LogP contribution in [0.4, 0.5) is 0 Å². The van der Waals surface area contributed by atoms with E-state index in [0.717, 1.165) is 29.5 Å². The molecule has 0 amide bonds. The van der Waals surface area contributed by atoms with Crippen LogP contribution >= 0.6 is 0 Å². The zero-order valence-electron chi connectivity index (χ0n) is 37.0. The molecule has 0 bridgehead atoms. The number of nitrogens with zero attached hydrogens (tertiary/aromatic N) is 4. The molecule has 0 radical (unpaired) electrons. The topological polar surface area (TPSA) is 62.5 Å². The van der Waals surface area contributed by atoms with Gasteiger partial charge in [0.1, 0.15) is 0 Å². The maximum atomic E-state index is 9.80. The molecule has 7 aromatic carbocycles. The minimum atomic E-state index is -0.479. The molecule has 8 aromatic rings. The van der Waals surface area contributed by atoms with Crippen LogP contribution in [0.1, 0.15) is 92.8 Å². The van der Waals surface area contributed by atoms with Crippen LogP contribution in [0.25, 0.3) is 67.5 Å². The van der Waals surface area contributed by atoms with Crippen molar-refractivity contribution in [1.29, 1.82) is 5.26 Å². The SMILES string of the molecule is CC1CCC2=C(C1)C1(c3ccc(-c4ccc5c(c4)C(C)(C)c4cc(C#N)ccc4-5)cc3-c3c(-c4nc(-c5ccccc5)nc(-c5ccccc5)n4)cccc31)c1ccccc1C2(C)C. The van der Waals surface area contributed by atoms with Crippen LogP contribution in [0, 0.1) is 17.2 Å². The van der Waals surface area contributed by atoms with E-state index in [4.69, 9.17) is 15.0 Å². The molecular weight excluding hydrogens is 777 g/mol. The summed E-state index contributed by atoms with van der Waals surface area (Å²) in [5, 5.41) is 9.80. The number of fused-ring (bicyclic) bond motifs is 11. The monoisotopic (exact) mass is 824 g/mol. The standard InChI is InChI=1S/C60H48N4/c1-36-23-29-48-53(31-36)60(49-21-13-12-20-47(49)58(48,2)3)46-30-26-40(41-25-28-43-42-27-24-37(35-61)32-51(42)59(4,5)52(43)34-41)33-45(46)54-44(19-14-22-50(54)60)57-63-55(38-15-8-6-9-16-38)62-56(64-57)39-17-10-7-11-18-39/h6-22,24-28,30,32-34,36H,23,29,31H2,1-5H3. The van der Waals surface area contributed by atoms with Crippen LogP contribution in [0.5, 0.6) is 0 Å². The molecule has 0 aliphatic heterocycles. The number of benzene rings is 7. The first-order chi connectivity index (χ1) is 31.1.